The molecule has 1 aromatic rings. The molecule has 1 aromatic carbocycles. The summed E-state index contributed by atoms with van der Waals surface area (Å²) in [5.41, 5.74) is -0.533. The summed E-state index contributed by atoms with van der Waals surface area (Å²) in [6.07, 6.45) is 1.40. The maximum atomic E-state index is 13.1. The van der Waals surface area contributed by atoms with Crippen LogP contribution in [0.15, 0.2) is 18.2 Å². The van der Waals surface area contributed by atoms with E-state index in [-0.39, 0.29) is 5.82 Å². The van der Waals surface area contributed by atoms with Crippen LogP contribution >= 0.6 is 0 Å². The van der Waals surface area contributed by atoms with Gasteiger partial charge in [-0.2, -0.15) is 0 Å². The molecule has 0 aliphatic carbocycles. The predicted octanol–water partition coefficient (Wildman–Crippen LogP) is 2.84. The molecule has 2 nitrogen and oxygen atoms in total. The van der Waals surface area contributed by atoms with Crippen molar-refractivity contribution in [3.63, 3.8) is 0 Å². The molecule has 0 saturated carbocycles. The molecule has 3 heteroatoms. The van der Waals surface area contributed by atoms with Crippen molar-refractivity contribution < 1.29 is 14.2 Å². The zero-order valence-electron chi connectivity index (χ0n) is 9.38. The molecule has 0 bridgehead atoms. The highest BCUT2D eigenvalue weighted by molar-refractivity contribution is 5.38. The van der Waals surface area contributed by atoms with E-state index in [2.05, 4.69) is 0 Å². The molecule has 0 saturated heterocycles. The first-order valence-corrected chi connectivity index (χ1v) is 5.07. The number of hydrogen-bond acceptors (Lipinski definition) is 2. The van der Waals surface area contributed by atoms with Crippen LogP contribution in [0.1, 0.15) is 32.3 Å². The van der Waals surface area contributed by atoms with Crippen molar-refractivity contribution in [2.45, 2.75) is 32.3 Å². The van der Waals surface area contributed by atoms with Crippen molar-refractivity contribution in [2.75, 3.05) is 7.11 Å². The summed E-state index contributed by atoms with van der Waals surface area (Å²) in [4.78, 5) is 0. The van der Waals surface area contributed by atoms with E-state index >= 15 is 0 Å². The molecule has 1 rings (SSSR count). The molecule has 0 aliphatic rings. The Bertz CT molecular complexity index is 334. The van der Waals surface area contributed by atoms with Gasteiger partial charge in [0.2, 0.25) is 0 Å². The quantitative estimate of drug-likeness (QED) is 0.831. The fraction of sp³-hybridized carbons (Fsp3) is 0.500. The molecule has 0 spiro atoms. The first-order chi connectivity index (χ1) is 7.01. The van der Waals surface area contributed by atoms with E-state index in [1.807, 2.05) is 6.92 Å². The molecule has 0 radical (unpaired) electrons. The van der Waals surface area contributed by atoms with Crippen LogP contribution in [0.2, 0.25) is 0 Å². The van der Waals surface area contributed by atoms with Crippen LogP contribution in [0, 0.1) is 5.82 Å². The van der Waals surface area contributed by atoms with Gasteiger partial charge in [0.05, 0.1) is 12.7 Å². The number of benzene rings is 1. The fourth-order valence-electron chi connectivity index (χ4n) is 1.72. The molecule has 15 heavy (non-hydrogen) atoms. The number of halogens is 1. The van der Waals surface area contributed by atoms with Gasteiger partial charge in [-0.15, -0.1) is 0 Å². The van der Waals surface area contributed by atoms with Crippen LogP contribution in [-0.2, 0) is 5.60 Å². The maximum Gasteiger partial charge on any atom is 0.125 e. The highest BCUT2D eigenvalue weighted by Gasteiger charge is 2.26. The Labute approximate surface area is 89.7 Å². The highest BCUT2D eigenvalue weighted by Crippen LogP contribution is 2.33. The molecule has 1 N–H and O–H groups in total. The summed E-state index contributed by atoms with van der Waals surface area (Å²) >= 11 is 0. The highest BCUT2D eigenvalue weighted by atomic mass is 19.1. The van der Waals surface area contributed by atoms with Gasteiger partial charge >= 0.3 is 0 Å². The Morgan fingerprint density at radius 2 is 2.13 bits per heavy atom. The monoisotopic (exact) mass is 212 g/mol. The van der Waals surface area contributed by atoms with Crippen molar-refractivity contribution in [3.8, 4) is 5.75 Å². The van der Waals surface area contributed by atoms with Gasteiger partial charge in [0.15, 0.2) is 0 Å². The molecular formula is C12H17FO2. The fourth-order valence-corrected chi connectivity index (χ4v) is 1.72. The van der Waals surface area contributed by atoms with Gasteiger partial charge in [-0.05, 0) is 31.5 Å². The molecule has 1 atom stereocenters. The van der Waals surface area contributed by atoms with E-state index in [0.29, 0.717) is 17.7 Å². The van der Waals surface area contributed by atoms with Crippen molar-refractivity contribution in [1.29, 1.82) is 0 Å². The van der Waals surface area contributed by atoms with Crippen LogP contribution in [0.25, 0.3) is 0 Å². The lowest BCUT2D eigenvalue weighted by Crippen LogP contribution is -2.21. The van der Waals surface area contributed by atoms with Gasteiger partial charge < -0.3 is 9.84 Å². The average Bonchev–Trinajstić information content (AvgIpc) is 2.17. The smallest absolute Gasteiger partial charge is 0.125 e. The lowest BCUT2D eigenvalue weighted by atomic mass is 9.90. The molecule has 0 unspecified atom stereocenters. The van der Waals surface area contributed by atoms with Crippen LogP contribution in [-0.4, -0.2) is 12.2 Å². The summed E-state index contributed by atoms with van der Waals surface area (Å²) in [7, 11) is 1.51. The van der Waals surface area contributed by atoms with Gasteiger partial charge in [-0.3, -0.25) is 0 Å². The molecule has 84 valence electrons. The summed E-state index contributed by atoms with van der Waals surface area (Å²) in [5.74, 6) is 0.164. The summed E-state index contributed by atoms with van der Waals surface area (Å²) in [5, 5.41) is 10.2. The lowest BCUT2D eigenvalue weighted by Gasteiger charge is -2.25. The van der Waals surface area contributed by atoms with E-state index in [9.17, 15) is 9.50 Å². The Balaban J connectivity index is 3.15. The average molecular weight is 212 g/mol. The zero-order chi connectivity index (χ0) is 11.5. The number of hydrogen-bond donors (Lipinski definition) is 1. The lowest BCUT2D eigenvalue weighted by molar-refractivity contribution is 0.0441. The topological polar surface area (TPSA) is 29.5 Å². The van der Waals surface area contributed by atoms with Gasteiger partial charge in [0, 0.05) is 5.56 Å². The predicted molar refractivity (Wildman–Crippen MR) is 57.4 cm³/mol. The zero-order valence-corrected chi connectivity index (χ0v) is 9.38. The third-order valence-electron chi connectivity index (χ3n) is 2.48. The summed E-state index contributed by atoms with van der Waals surface area (Å²) < 4.78 is 18.2. The minimum absolute atomic E-state index is 0.359. The Morgan fingerprint density at radius 3 is 2.67 bits per heavy atom. The summed E-state index contributed by atoms with van der Waals surface area (Å²) in [6, 6.07) is 4.19. The number of methoxy groups -OCH3 is 1. The second-order valence-electron chi connectivity index (χ2n) is 3.87. The molecule has 0 amide bonds. The van der Waals surface area contributed by atoms with Crippen molar-refractivity contribution in [2.24, 2.45) is 0 Å². The minimum Gasteiger partial charge on any atom is -0.496 e. The van der Waals surface area contributed by atoms with E-state index < -0.39 is 5.60 Å². The number of ether oxygens (including phenoxy) is 1. The Hall–Kier alpha value is -1.09. The van der Waals surface area contributed by atoms with E-state index in [1.54, 1.807) is 6.92 Å². The van der Waals surface area contributed by atoms with Crippen LogP contribution in [0.3, 0.4) is 0 Å². The molecular weight excluding hydrogens is 195 g/mol. The first-order valence-electron chi connectivity index (χ1n) is 5.07. The van der Waals surface area contributed by atoms with Crippen molar-refractivity contribution in [3.05, 3.63) is 29.6 Å². The van der Waals surface area contributed by atoms with Gasteiger partial charge in [0.25, 0.3) is 0 Å². The van der Waals surface area contributed by atoms with E-state index in [1.165, 1.54) is 25.3 Å². The standard InChI is InChI=1S/C12H17FO2/c1-4-7-12(2,14)10-8-9(13)5-6-11(10)15-3/h5-6,8,14H,4,7H2,1-3H3/t12-/m1/s1. The molecule has 0 aliphatic heterocycles. The first kappa shape index (κ1) is 12.0. The summed E-state index contributed by atoms with van der Waals surface area (Å²) in [6.45, 7) is 3.65. The number of aliphatic hydroxyl groups is 1. The van der Waals surface area contributed by atoms with Crippen LogP contribution < -0.4 is 4.74 Å². The molecule has 0 heterocycles. The Kier molecular flexibility index (Phi) is 3.69. The van der Waals surface area contributed by atoms with Crippen LogP contribution in [0.5, 0.6) is 5.75 Å². The van der Waals surface area contributed by atoms with Crippen molar-refractivity contribution in [1.82, 2.24) is 0 Å². The van der Waals surface area contributed by atoms with Gasteiger partial charge in [-0.25, -0.2) is 4.39 Å². The van der Waals surface area contributed by atoms with Gasteiger partial charge in [-0.1, -0.05) is 13.3 Å². The Morgan fingerprint density at radius 1 is 1.47 bits per heavy atom. The van der Waals surface area contributed by atoms with E-state index in [0.717, 1.165) is 6.42 Å². The second-order valence-corrected chi connectivity index (χ2v) is 3.87. The molecule has 0 aromatic heterocycles. The van der Waals surface area contributed by atoms with Crippen LogP contribution in [0.4, 0.5) is 4.39 Å². The minimum atomic E-state index is -1.04. The normalized spacial score (nSPS) is 14.7. The number of rotatable bonds is 4. The second kappa shape index (κ2) is 4.62. The van der Waals surface area contributed by atoms with E-state index in [4.69, 9.17) is 4.74 Å². The van der Waals surface area contributed by atoms with Crippen molar-refractivity contribution >= 4 is 0 Å². The SMILES string of the molecule is CCC[C@@](C)(O)c1cc(F)ccc1OC. The molecule has 0 fully saturated rings. The van der Waals surface area contributed by atoms with Gasteiger partial charge in [0.1, 0.15) is 11.6 Å². The third kappa shape index (κ3) is 2.69. The maximum absolute atomic E-state index is 13.1. The largest absolute Gasteiger partial charge is 0.496 e. The third-order valence-corrected chi connectivity index (χ3v) is 2.48.